The van der Waals surface area contributed by atoms with E-state index in [1.165, 1.54) is 37.7 Å². The number of unbranched alkanes of at least 4 members (excludes halogenated alkanes) is 4. The second kappa shape index (κ2) is 10.9. The molecule has 1 N–H and O–H groups in total. The van der Waals surface area contributed by atoms with Crippen molar-refractivity contribution >= 4 is 39.6 Å². The lowest BCUT2D eigenvalue weighted by Crippen LogP contribution is -2.36. The number of carbonyl (C=O) groups is 1. The number of anilines is 1. The minimum absolute atomic E-state index is 0.252. The summed E-state index contributed by atoms with van der Waals surface area (Å²) in [4.78, 5) is 15.9. The third-order valence-electron chi connectivity index (χ3n) is 4.88. The maximum absolute atomic E-state index is 12.3. The number of carbonyl (C=O) groups excluding carboxylic acids is 1. The second-order valence-corrected chi connectivity index (χ2v) is 8.38. The number of hydrogen-bond acceptors (Lipinski definition) is 4. The molecule has 0 saturated carbocycles. The Morgan fingerprint density at radius 3 is 2.38 bits per heavy atom. The molecule has 0 atom stereocenters. The van der Waals surface area contributed by atoms with Crippen molar-refractivity contribution in [3.05, 3.63) is 16.0 Å². The van der Waals surface area contributed by atoms with Gasteiger partial charge in [-0.05, 0) is 49.9 Å². The number of thiocarbonyl (C=S) groups is 1. The number of rotatable bonds is 10. The lowest BCUT2D eigenvalue weighted by atomic mass is 10.1. The number of nitrogens with zero attached hydrogens (tertiary/aromatic N) is 1. The predicted octanol–water partition coefficient (Wildman–Crippen LogP) is 5.40. The molecule has 0 aromatic carbocycles. The van der Waals surface area contributed by atoms with E-state index in [-0.39, 0.29) is 5.97 Å². The number of thiophene rings is 1. The fourth-order valence-electron chi connectivity index (χ4n) is 3.41. The number of esters is 1. The smallest absolute Gasteiger partial charge is 0.341 e. The number of hydrogen-bond donors (Lipinski definition) is 1. The molecule has 0 aliphatic heterocycles. The first-order valence-electron chi connectivity index (χ1n) is 9.91. The fourth-order valence-corrected chi connectivity index (χ4v) is 5.03. The van der Waals surface area contributed by atoms with Gasteiger partial charge in [0.15, 0.2) is 5.11 Å². The largest absolute Gasteiger partial charge is 0.465 e. The average Bonchev–Trinajstić information content (AvgIpc) is 3.20. The summed E-state index contributed by atoms with van der Waals surface area (Å²) in [7, 11) is 1.45. The van der Waals surface area contributed by atoms with Crippen LogP contribution < -0.4 is 5.32 Å². The van der Waals surface area contributed by atoms with E-state index in [0.29, 0.717) is 5.56 Å². The molecule has 1 aromatic rings. The number of fused-ring (bicyclic) bond motifs is 1. The summed E-state index contributed by atoms with van der Waals surface area (Å²) < 4.78 is 5.03. The highest BCUT2D eigenvalue weighted by atomic mass is 32.1. The van der Waals surface area contributed by atoms with Gasteiger partial charge in [-0.2, -0.15) is 0 Å². The van der Waals surface area contributed by atoms with E-state index in [1.807, 2.05) is 0 Å². The molecule has 146 valence electrons. The Labute approximate surface area is 167 Å². The fraction of sp³-hybridized carbons (Fsp3) is 0.700. The van der Waals surface area contributed by atoms with E-state index < -0.39 is 0 Å². The van der Waals surface area contributed by atoms with Gasteiger partial charge >= 0.3 is 5.97 Å². The summed E-state index contributed by atoms with van der Waals surface area (Å²) in [5.41, 5.74) is 1.87. The molecule has 0 radical (unpaired) electrons. The minimum atomic E-state index is -0.252. The highest BCUT2D eigenvalue weighted by Crippen LogP contribution is 2.39. The molecule has 0 amide bonds. The molecular formula is C20H32N2O2S2. The first-order chi connectivity index (χ1) is 12.6. The van der Waals surface area contributed by atoms with Crippen molar-refractivity contribution in [2.75, 3.05) is 25.5 Å². The van der Waals surface area contributed by atoms with Gasteiger partial charge in [0.1, 0.15) is 5.00 Å². The summed E-state index contributed by atoms with van der Waals surface area (Å²) in [6, 6.07) is 0. The Bertz CT molecular complexity index is 603. The molecule has 0 bridgehead atoms. The quantitative estimate of drug-likeness (QED) is 0.326. The molecule has 0 unspecified atom stereocenters. The third kappa shape index (κ3) is 5.43. The number of methoxy groups -OCH3 is 1. The summed E-state index contributed by atoms with van der Waals surface area (Å²) in [6.07, 6.45) is 10.3. The van der Waals surface area contributed by atoms with Crippen LogP contribution in [0.25, 0.3) is 0 Å². The summed E-state index contributed by atoms with van der Waals surface area (Å²) in [6.45, 7) is 6.38. The third-order valence-corrected chi connectivity index (χ3v) is 6.45. The van der Waals surface area contributed by atoms with Gasteiger partial charge in [-0.1, -0.05) is 39.5 Å². The molecule has 4 nitrogen and oxygen atoms in total. The molecule has 0 saturated heterocycles. The van der Waals surface area contributed by atoms with Gasteiger partial charge in [0.05, 0.1) is 12.7 Å². The topological polar surface area (TPSA) is 41.6 Å². The lowest BCUT2D eigenvalue weighted by molar-refractivity contribution is 0.0601. The highest BCUT2D eigenvalue weighted by molar-refractivity contribution is 7.80. The van der Waals surface area contributed by atoms with Crippen LogP contribution in [0.15, 0.2) is 0 Å². The Morgan fingerprint density at radius 1 is 1.15 bits per heavy atom. The average molecular weight is 397 g/mol. The highest BCUT2D eigenvalue weighted by Gasteiger charge is 2.28. The van der Waals surface area contributed by atoms with E-state index >= 15 is 0 Å². The van der Waals surface area contributed by atoms with Gasteiger partial charge in [0.25, 0.3) is 0 Å². The minimum Gasteiger partial charge on any atom is -0.465 e. The molecule has 26 heavy (non-hydrogen) atoms. The molecule has 6 heteroatoms. The predicted molar refractivity (Wildman–Crippen MR) is 115 cm³/mol. The van der Waals surface area contributed by atoms with Gasteiger partial charge in [0, 0.05) is 18.0 Å². The molecule has 0 spiro atoms. The molecule has 1 aromatic heterocycles. The van der Waals surface area contributed by atoms with Crippen molar-refractivity contribution in [1.82, 2.24) is 4.90 Å². The van der Waals surface area contributed by atoms with Crippen LogP contribution in [-0.4, -0.2) is 36.2 Å². The van der Waals surface area contributed by atoms with E-state index in [1.54, 1.807) is 11.3 Å². The van der Waals surface area contributed by atoms with Crippen LogP contribution in [0.5, 0.6) is 0 Å². The second-order valence-electron chi connectivity index (χ2n) is 6.88. The standard InChI is InChI=1S/C20H32N2O2S2/c1-4-6-8-13-22(14-9-7-5-2)20(25)21-18-17(19(23)24-3)15-11-10-12-16(15)26-18/h4-14H2,1-3H3,(H,21,25). The van der Waals surface area contributed by atoms with Crippen molar-refractivity contribution in [1.29, 1.82) is 0 Å². The summed E-state index contributed by atoms with van der Waals surface area (Å²) in [5.74, 6) is -0.252. The Balaban J connectivity index is 2.10. The Hall–Kier alpha value is -1.14. The zero-order valence-electron chi connectivity index (χ0n) is 16.4. The van der Waals surface area contributed by atoms with Gasteiger partial charge < -0.3 is 15.0 Å². The van der Waals surface area contributed by atoms with Crippen molar-refractivity contribution in [2.45, 2.75) is 71.6 Å². The normalized spacial score (nSPS) is 12.7. The maximum atomic E-state index is 12.3. The van der Waals surface area contributed by atoms with Crippen LogP contribution in [0, 0.1) is 0 Å². The van der Waals surface area contributed by atoms with Crippen LogP contribution in [0.1, 0.15) is 79.6 Å². The molecule has 1 aliphatic carbocycles. The SMILES string of the molecule is CCCCCN(CCCCC)C(=S)Nc1sc2c(c1C(=O)OC)CCC2. The van der Waals surface area contributed by atoms with Crippen molar-refractivity contribution in [2.24, 2.45) is 0 Å². The van der Waals surface area contributed by atoms with Crippen molar-refractivity contribution in [3.8, 4) is 0 Å². The maximum Gasteiger partial charge on any atom is 0.341 e. The van der Waals surface area contributed by atoms with Gasteiger partial charge in [-0.25, -0.2) is 4.79 Å². The number of nitrogens with one attached hydrogen (secondary N) is 1. The van der Waals surface area contributed by atoms with E-state index in [4.69, 9.17) is 17.0 Å². The molecule has 1 aliphatic rings. The van der Waals surface area contributed by atoms with Gasteiger partial charge in [0.2, 0.25) is 0 Å². The molecule has 0 fully saturated rings. The first kappa shape index (κ1) is 21.2. The lowest BCUT2D eigenvalue weighted by Gasteiger charge is -2.26. The molecule has 1 heterocycles. The summed E-state index contributed by atoms with van der Waals surface area (Å²) in [5, 5.41) is 4.99. The first-order valence-corrected chi connectivity index (χ1v) is 11.1. The van der Waals surface area contributed by atoms with E-state index in [9.17, 15) is 4.79 Å². The van der Waals surface area contributed by atoms with Crippen LogP contribution >= 0.6 is 23.6 Å². The monoisotopic (exact) mass is 396 g/mol. The van der Waals surface area contributed by atoms with E-state index in [0.717, 1.165) is 60.9 Å². The number of ether oxygens (including phenoxy) is 1. The van der Waals surface area contributed by atoms with Crippen molar-refractivity contribution in [3.63, 3.8) is 0 Å². The van der Waals surface area contributed by atoms with Crippen molar-refractivity contribution < 1.29 is 9.53 Å². The zero-order valence-corrected chi connectivity index (χ0v) is 18.0. The van der Waals surface area contributed by atoms with Crippen LogP contribution in [0.4, 0.5) is 5.00 Å². The molecular weight excluding hydrogens is 364 g/mol. The Kier molecular flexibility index (Phi) is 8.85. The van der Waals surface area contributed by atoms with Crippen LogP contribution in [0.2, 0.25) is 0 Å². The Morgan fingerprint density at radius 2 is 1.81 bits per heavy atom. The van der Waals surface area contributed by atoms with Gasteiger partial charge in [-0.3, -0.25) is 0 Å². The zero-order chi connectivity index (χ0) is 18.9. The van der Waals surface area contributed by atoms with Gasteiger partial charge in [-0.15, -0.1) is 11.3 Å². The number of aryl methyl sites for hydroxylation is 1. The van der Waals surface area contributed by atoms with E-state index in [2.05, 4.69) is 24.1 Å². The molecule has 2 rings (SSSR count). The van der Waals surface area contributed by atoms with Crippen LogP contribution in [-0.2, 0) is 17.6 Å². The summed E-state index contributed by atoms with van der Waals surface area (Å²) >= 11 is 7.38. The van der Waals surface area contributed by atoms with Crippen LogP contribution in [0.3, 0.4) is 0 Å².